The number of hydrogen-bond donors (Lipinski definition) is 2. The highest BCUT2D eigenvalue weighted by atomic mass is 16.3. The van der Waals surface area contributed by atoms with Crippen molar-refractivity contribution in [2.75, 3.05) is 0 Å². The van der Waals surface area contributed by atoms with E-state index in [1.165, 1.54) is 68.1 Å². The van der Waals surface area contributed by atoms with Crippen molar-refractivity contribution in [2.24, 2.45) is 0 Å². The van der Waals surface area contributed by atoms with Crippen molar-refractivity contribution in [1.29, 1.82) is 0 Å². The molecule has 0 fully saturated rings. The monoisotopic (exact) mass is 472 g/mol. The molecule has 0 saturated heterocycles. The topological polar surface area (TPSA) is 40.5 Å². The van der Waals surface area contributed by atoms with Gasteiger partial charge in [0.05, 0.1) is 0 Å². The maximum atomic E-state index is 10.4. The lowest BCUT2D eigenvalue weighted by atomic mass is 9.92. The van der Waals surface area contributed by atoms with Crippen molar-refractivity contribution in [1.82, 2.24) is 0 Å². The van der Waals surface area contributed by atoms with Gasteiger partial charge in [-0.15, -0.1) is 0 Å². The van der Waals surface area contributed by atoms with Gasteiger partial charge in [-0.1, -0.05) is 95.5 Å². The first kappa shape index (κ1) is 26.9. The summed E-state index contributed by atoms with van der Waals surface area (Å²) in [4.78, 5) is 0. The summed E-state index contributed by atoms with van der Waals surface area (Å²) >= 11 is 0. The smallest absolute Gasteiger partial charge is 0.118 e. The van der Waals surface area contributed by atoms with Gasteiger partial charge < -0.3 is 10.2 Å². The minimum absolute atomic E-state index is 0.406. The summed E-state index contributed by atoms with van der Waals surface area (Å²) < 4.78 is 0. The van der Waals surface area contributed by atoms with E-state index in [1.54, 1.807) is 0 Å². The molecule has 0 aliphatic carbocycles. The van der Waals surface area contributed by atoms with Crippen LogP contribution >= 0.6 is 0 Å². The van der Waals surface area contributed by atoms with Crippen molar-refractivity contribution < 1.29 is 10.2 Å². The standard InChI is InChI=1S/C33H44O2/c1-4-6-8-10-12-14-29-23-27(17-20-32(29)34)26-16-19-31(25(3)22-26)28-18-21-33(35)30(24-28)15-13-11-9-7-5-2/h16-24,34-35H,4-15H2,1-3H3. The van der Waals surface area contributed by atoms with E-state index in [9.17, 15) is 10.2 Å². The van der Waals surface area contributed by atoms with Crippen molar-refractivity contribution in [2.45, 2.75) is 97.8 Å². The summed E-state index contributed by atoms with van der Waals surface area (Å²) in [6, 6.07) is 18.6. The molecule has 2 heteroatoms. The van der Waals surface area contributed by atoms with Gasteiger partial charge in [-0.2, -0.15) is 0 Å². The Morgan fingerprint density at radius 1 is 0.514 bits per heavy atom. The third kappa shape index (κ3) is 7.88. The fraction of sp³-hybridized carbons (Fsp3) is 0.455. The summed E-state index contributed by atoms with van der Waals surface area (Å²) in [5.74, 6) is 0.814. The van der Waals surface area contributed by atoms with E-state index in [2.05, 4.69) is 51.1 Å². The van der Waals surface area contributed by atoms with Crippen molar-refractivity contribution in [3.05, 3.63) is 71.3 Å². The molecule has 3 aromatic rings. The third-order valence-corrected chi connectivity index (χ3v) is 7.13. The Balaban J connectivity index is 1.73. The molecular weight excluding hydrogens is 428 g/mol. The van der Waals surface area contributed by atoms with Crippen molar-refractivity contribution in [3.63, 3.8) is 0 Å². The summed E-state index contributed by atoms with van der Waals surface area (Å²) in [5.41, 5.74) is 8.00. The first-order valence-electron chi connectivity index (χ1n) is 13.8. The van der Waals surface area contributed by atoms with E-state index in [-0.39, 0.29) is 0 Å². The predicted molar refractivity (Wildman–Crippen MR) is 150 cm³/mol. The number of phenols is 2. The average Bonchev–Trinajstić information content (AvgIpc) is 2.86. The van der Waals surface area contributed by atoms with Gasteiger partial charge in [0.25, 0.3) is 0 Å². The van der Waals surface area contributed by atoms with Crippen LogP contribution < -0.4 is 0 Å². The molecule has 0 saturated carbocycles. The highest BCUT2D eigenvalue weighted by Crippen LogP contribution is 2.33. The molecule has 0 aliphatic rings. The highest BCUT2D eigenvalue weighted by Gasteiger charge is 2.10. The van der Waals surface area contributed by atoms with E-state index in [4.69, 9.17) is 0 Å². The summed E-state index contributed by atoms with van der Waals surface area (Å²) in [5, 5.41) is 20.7. The molecule has 0 aromatic heterocycles. The van der Waals surface area contributed by atoms with E-state index in [0.29, 0.717) is 11.5 Å². The lowest BCUT2D eigenvalue weighted by Gasteiger charge is -2.13. The molecular formula is C33H44O2. The lowest BCUT2D eigenvalue weighted by molar-refractivity contribution is 0.465. The molecule has 2 N–H and O–H groups in total. The molecule has 0 unspecified atom stereocenters. The first-order valence-corrected chi connectivity index (χ1v) is 13.8. The van der Waals surface area contributed by atoms with Crippen LogP contribution in [0.3, 0.4) is 0 Å². The number of unbranched alkanes of at least 4 members (excludes halogenated alkanes) is 8. The van der Waals surface area contributed by atoms with Gasteiger partial charge in [-0.25, -0.2) is 0 Å². The minimum Gasteiger partial charge on any atom is -0.508 e. The zero-order valence-corrected chi connectivity index (χ0v) is 22.1. The number of aromatic hydroxyl groups is 2. The first-order chi connectivity index (χ1) is 17.0. The Bertz CT molecular complexity index is 1070. The van der Waals surface area contributed by atoms with Gasteiger partial charge in [-0.3, -0.25) is 0 Å². The Morgan fingerprint density at radius 3 is 1.51 bits per heavy atom. The summed E-state index contributed by atoms with van der Waals surface area (Å²) in [7, 11) is 0. The zero-order chi connectivity index (χ0) is 25.0. The molecule has 2 nitrogen and oxygen atoms in total. The van der Waals surface area contributed by atoms with Crippen molar-refractivity contribution >= 4 is 0 Å². The number of rotatable bonds is 14. The molecule has 3 rings (SSSR count). The molecule has 0 heterocycles. The van der Waals surface area contributed by atoms with Gasteiger partial charge >= 0.3 is 0 Å². The Morgan fingerprint density at radius 2 is 0.971 bits per heavy atom. The zero-order valence-electron chi connectivity index (χ0n) is 22.1. The molecule has 0 bridgehead atoms. The van der Waals surface area contributed by atoms with E-state index >= 15 is 0 Å². The van der Waals surface area contributed by atoms with Gasteiger partial charge in [0.1, 0.15) is 11.5 Å². The minimum atomic E-state index is 0.406. The van der Waals surface area contributed by atoms with E-state index in [1.807, 2.05) is 24.3 Å². The molecule has 0 radical (unpaired) electrons. The van der Waals surface area contributed by atoms with Gasteiger partial charge in [0, 0.05) is 0 Å². The maximum absolute atomic E-state index is 10.4. The number of benzene rings is 3. The van der Waals surface area contributed by atoms with Crippen LogP contribution in [-0.2, 0) is 12.8 Å². The van der Waals surface area contributed by atoms with Gasteiger partial charge in [-0.05, 0) is 95.8 Å². The van der Waals surface area contributed by atoms with Crippen LogP contribution in [0.4, 0.5) is 0 Å². The normalized spacial score (nSPS) is 11.2. The summed E-state index contributed by atoms with van der Waals surface area (Å²) in [6.45, 7) is 6.63. The number of hydrogen-bond acceptors (Lipinski definition) is 2. The Kier molecular flexibility index (Phi) is 10.7. The molecule has 35 heavy (non-hydrogen) atoms. The van der Waals surface area contributed by atoms with Crippen LogP contribution in [0.1, 0.15) is 94.7 Å². The second-order valence-electron chi connectivity index (χ2n) is 10.0. The van der Waals surface area contributed by atoms with Crippen molar-refractivity contribution in [3.8, 4) is 33.8 Å². The molecule has 0 atom stereocenters. The fourth-order valence-corrected chi connectivity index (χ4v) is 4.92. The van der Waals surface area contributed by atoms with Crippen LogP contribution in [0.2, 0.25) is 0 Å². The number of aryl methyl sites for hydroxylation is 3. The van der Waals surface area contributed by atoms with Gasteiger partial charge in [0.15, 0.2) is 0 Å². The SMILES string of the molecule is CCCCCCCc1cc(-c2ccc(-c3ccc(O)c(CCCCCCC)c3)c(C)c2)ccc1O. The van der Waals surface area contributed by atoms with Crippen LogP contribution in [0.15, 0.2) is 54.6 Å². The quantitative estimate of drug-likeness (QED) is 0.229. The molecule has 0 aliphatic heterocycles. The maximum Gasteiger partial charge on any atom is 0.118 e. The highest BCUT2D eigenvalue weighted by molar-refractivity contribution is 5.75. The molecule has 0 amide bonds. The summed E-state index contributed by atoms with van der Waals surface area (Å²) in [6.07, 6.45) is 14.2. The largest absolute Gasteiger partial charge is 0.508 e. The van der Waals surface area contributed by atoms with E-state index in [0.717, 1.165) is 47.9 Å². The lowest BCUT2D eigenvalue weighted by Crippen LogP contribution is -1.92. The Labute approximate surface area is 213 Å². The second kappa shape index (κ2) is 14.0. The van der Waals surface area contributed by atoms with Crippen LogP contribution in [-0.4, -0.2) is 10.2 Å². The van der Waals surface area contributed by atoms with Crippen LogP contribution in [0, 0.1) is 6.92 Å². The fourth-order valence-electron chi connectivity index (χ4n) is 4.92. The van der Waals surface area contributed by atoms with E-state index < -0.39 is 0 Å². The molecule has 3 aromatic carbocycles. The Hall–Kier alpha value is -2.74. The van der Waals surface area contributed by atoms with Gasteiger partial charge in [0.2, 0.25) is 0 Å². The van der Waals surface area contributed by atoms with Crippen LogP contribution in [0.5, 0.6) is 11.5 Å². The molecule has 0 spiro atoms. The van der Waals surface area contributed by atoms with Crippen LogP contribution in [0.25, 0.3) is 22.3 Å². The number of phenolic OH excluding ortho intramolecular Hbond substituents is 2. The second-order valence-corrected chi connectivity index (χ2v) is 10.0. The molecule has 188 valence electrons. The third-order valence-electron chi connectivity index (χ3n) is 7.13. The predicted octanol–water partition coefficient (Wildman–Crippen LogP) is 9.77. The average molecular weight is 473 g/mol.